The number of nitrogens with zero attached hydrogens (tertiary/aromatic N) is 5. The molecule has 1 saturated heterocycles. The van der Waals surface area contributed by atoms with Crippen LogP contribution in [0.15, 0.2) is 12.4 Å². The van der Waals surface area contributed by atoms with E-state index in [9.17, 15) is 0 Å². The second-order valence-electron chi connectivity index (χ2n) is 4.03. The molecule has 0 saturated carbocycles. The first-order valence-electron chi connectivity index (χ1n) is 5.57. The maximum absolute atomic E-state index is 8.87. The van der Waals surface area contributed by atoms with E-state index in [0.29, 0.717) is 0 Å². The Morgan fingerprint density at radius 2 is 1.88 bits per heavy atom. The van der Waals surface area contributed by atoms with Crippen LogP contribution >= 0.6 is 22.6 Å². The fourth-order valence-electron chi connectivity index (χ4n) is 1.86. The minimum Gasteiger partial charge on any atom is -0.338 e. The van der Waals surface area contributed by atoms with E-state index in [0.717, 1.165) is 35.7 Å². The number of halogens is 1. The molecule has 0 aromatic carbocycles. The Kier molecular flexibility index (Phi) is 4.12. The molecule has 2 heterocycles. The maximum atomic E-state index is 8.87. The van der Waals surface area contributed by atoms with Crippen molar-refractivity contribution in [2.24, 2.45) is 0 Å². The summed E-state index contributed by atoms with van der Waals surface area (Å²) in [4.78, 5) is 13.0. The zero-order chi connectivity index (χ0) is 12.3. The molecule has 0 spiro atoms. The van der Waals surface area contributed by atoms with E-state index in [2.05, 4.69) is 48.4 Å². The molecular formula is C11H14IN5. The van der Waals surface area contributed by atoms with Crippen molar-refractivity contribution < 1.29 is 0 Å². The first-order valence-corrected chi connectivity index (χ1v) is 6.65. The highest BCUT2D eigenvalue weighted by Crippen LogP contribution is 2.12. The van der Waals surface area contributed by atoms with Crippen LogP contribution < -0.4 is 4.90 Å². The number of hydrogen-bond donors (Lipinski definition) is 0. The summed E-state index contributed by atoms with van der Waals surface area (Å²) in [6.45, 7) is 5.49. The predicted octanol–water partition coefficient (Wildman–Crippen LogP) is 1.12. The van der Waals surface area contributed by atoms with Crippen molar-refractivity contribution in [2.75, 3.05) is 31.1 Å². The molecule has 0 amide bonds. The van der Waals surface area contributed by atoms with Gasteiger partial charge in [0.1, 0.15) is 0 Å². The van der Waals surface area contributed by atoms with Crippen molar-refractivity contribution in [1.82, 2.24) is 14.9 Å². The fourth-order valence-corrected chi connectivity index (χ4v) is 2.14. The van der Waals surface area contributed by atoms with E-state index in [-0.39, 0.29) is 6.04 Å². The Morgan fingerprint density at radius 1 is 1.29 bits per heavy atom. The van der Waals surface area contributed by atoms with Crippen LogP contribution in [0.4, 0.5) is 5.95 Å². The summed E-state index contributed by atoms with van der Waals surface area (Å²) in [7, 11) is 0. The Balaban J connectivity index is 1.95. The van der Waals surface area contributed by atoms with Crippen molar-refractivity contribution in [3.63, 3.8) is 0 Å². The monoisotopic (exact) mass is 343 g/mol. The third kappa shape index (κ3) is 3.04. The van der Waals surface area contributed by atoms with Gasteiger partial charge in [0, 0.05) is 42.1 Å². The van der Waals surface area contributed by atoms with E-state index >= 15 is 0 Å². The number of nitriles is 1. The first-order chi connectivity index (χ1) is 8.20. The predicted molar refractivity (Wildman–Crippen MR) is 73.6 cm³/mol. The van der Waals surface area contributed by atoms with E-state index < -0.39 is 0 Å². The summed E-state index contributed by atoms with van der Waals surface area (Å²) in [6, 6.07) is 2.27. The van der Waals surface area contributed by atoms with E-state index in [4.69, 9.17) is 5.26 Å². The zero-order valence-corrected chi connectivity index (χ0v) is 11.8. The van der Waals surface area contributed by atoms with Crippen LogP contribution in [0.3, 0.4) is 0 Å². The molecule has 5 nitrogen and oxygen atoms in total. The van der Waals surface area contributed by atoms with Gasteiger partial charge in [-0.15, -0.1) is 0 Å². The zero-order valence-electron chi connectivity index (χ0n) is 9.67. The second-order valence-corrected chi connectivity index (χ2v) is 5.28. The number of anilines is 1. The number of aromatic nitrogens is 2. The molecule has 1 aliphatic rings. The van der Waals surface area contributed by atoms with Crippen LogP contribution in [0.25, 0.3) is 0 Å². The second kappa shape index (κ2) is 5.60. The average molecular weight is 343 g/mol. The van der Waals surface area contributed by atoms with Gasteiger partial charge in [0.15, 0.2) is 0 Å². The number of rotatable bonds is 2. The normalized spacial score (nSPS) is 18.8. The van der Waals surface area contributed by atoms with Gasteiger partial charge in [0.25, 0.3) is 0 Å². The smallest absolute Gasteiger partial charge is 0.225 e. The lowest BCUT2D eigenvalue weighted by Gasteiger charge is -2.35. The van der Waals surface area contributed by atoms with Crippen molar-refractivity contribution in [1.29, 1.82) is 5.26 Å². The van der Waals surface area contributed by atoms with Crippen LogP contribution in [0.1, 0.15) is 6.92 Å². The molecular weight excluding hydrogens is 329 g/mol. The highest BCUT2D eigenvalue weighted by atomic mass is 127. The van der Waals surface area contributed by atoms with Gasteiger partial charge in [-0.3, -0.25) is 4.90 Å². The lowest BCUT2D eigenvalue weighted by molar-refractivity contribution is 0.230. The molecule has 1 unspecified atom stereocenters. The van der Waals surface area contributed by atoms with Gasteiger partial charge in [0.2, 0.25) is 5.95 Å². The Hall–Kier alpha value is -0.940. The molecule has 1 aromatic heterocycles. The molecule has 6 heteroatoms. The third-order valence-corrected chi connectivity index (χ3v) is 3.50. The molecule has 1 fully saturated rings. The average Bonchev–Trinajstić information content (AvgIpc) is 2.39. The summed E-state index contributed by atoms with van der Waals surface area (Å²) < 4.78 is 1.04. The summed E-state index contributed by atoms with van der Waals surface area (Å²) >= 11 is 2.20. The molecule has 1 aliphatic heterocycles. The van der Waals surface area contributed by atoms with Gasteiger partial charge in [-0.25, -0.2) is 9.97 Å². The van der Waals surface area contributed by atoms with Crippen molar-refractivity contribution in [2.45, 2.75) is 13.0 Å². The number of piperazine rings is 1. The van der Waals surface area contributed by atoms with E-state index in [1.54, 1.807) is 0 Å². The van der Waals surface area contributed by atoms with Gasteiger partial charge < -0.3 is 4.90 Å². The van der Waals surface area contributed by atoms with E-state index in [1.807, 2.05) is 19.3 Å². The molecule has 0 N–H and O–H groups in total. The number of hydrogen-bond acceptors (Lipinski definition) is 5. The molecule has 0 aliphatic carbocycles. The molecule has 0 radical (unpaired) electrons. The molecule has 1 aromatic rings. The minimum atomic E-state index is -0.00482. The quantitative estimate of drug-likeness (QED) is 0.754. The van der Waals surface area contributed by atoms with Crippen molar-refractivity contribution in [3.05, 3.63) is 16.0 Å². The first kappa shape index (κ1) is 12.5. The van der Waals surface area contributed by atoms with Crippen molar-refractivity contribution in [3.8, 4) is 6.07 Å². The van der Waals surface area contributed by atoms with Gasteiger partial charge in [-0.05, 0) is 29.5 Å². The Bertz CT molecular complexity index is 405. The van der Waals surface area contributed by atoms with Gasteiger partial charge in [-0.1, -0.05) is 0 Å². The summed E-state index contributed by atoms with van der Waals surface area (Å²) in [5.74, 6) is 0.787. The van der Waals surface area contributed by atoms with Gasteiger partial charge in [-0.2, -0.15) is 5.26 Å². The standard InChI is InChI=1S/C11H14IN5/c1-9(6-13)16-2-4-17(5-3-16)11-14-7-10(12)8-15-11/h7-9H,2-5H2,1H3. The fraction of sp³-hybridized carbons (Fsp3) is 0.545. The van der Waals surface area contributed by atoms with Crippen LogP contribution in [-0.2, 0) is 0 Å². The lowest BCUT2D eigenvalue weighted by Crippen LogP contribution is -2.49. The molecule has 1 atom stereocenters. The molecule has 2 rings (SSSR count). The van der Waals surface area contributed by atoms with Gasteiger partial charge in [0.05, 0.1) is 12.1 Å². The van der Waals surface area contributed by atoms with Crippen LogP contribution in [0, 0.1) is 14.9 Å². The minimum absolute atomic E-state index is 0.00482. The van der Waals surface area contributed by atoms with Crippen LogP contribution in [0.5, 0.6) is 0 Å². The summed E-state index contributed by atoms with van der Waals surface area (Å²) in [5, 5.41) is 8.87. The summed E-state index contributed by atoms with van der Waals surface area (Å²) in [5.41, 5.74) is 0. The SMILES string of the molecule is CC(C#N)N1CCN(c2ncc(I)cn2)CC1. The largest absolute Gasteiger partial charge is 0.338 e. The van der Waals surface area contributed by atoms with Crippen molar-refractivity contribution >= 4 is 28.5 Å². The molecule has 90 valence electrons. The highest BCUT2D eigenvalue weighted by molar-refractivity contribution is 14.1. The molecule has 0 bridgehead atoms. The summed E-state index contributed by atoms with van der Waals surface area (Å²) in [6.07, 6.45) is 3.65. The molecule has 17 heavy (non-hydrogen) atoms. The Morgan fingerprint density at radius 3 is 2.41 bits per heavy atom. The van der Waals surface area contributed by atoms with Crippen LogP contribution in [0.2, 0.25) is 0 Å². The maximum Gasteiger partial charge on any atom is 0.225 e. The third-order valence-electron chi connectivity index (χ3n) is 2.94. The lowest BCUT2D eigenvalue weighted by atomic mass is 10.2. The topological polar surface area (TPSA) is 56.1 Å². The van der Waals surface area contributed by atoms with Crippen LogP contribution in [-0.4, -0.2) is 47.1 Å². The van der Waals surface area contributed by atoms with Gasteiger partial charge >= 0.3 is 0 Å². The Labute approximate surface area is 115 Å². The highest BCUT2D eigenvalue weighted by Gasteiger charge is 2.21. The van der Waals surface area contributed by atoms with E-state index in [1.165, 1.54) is 0 Å².